The molecule has 1 aliphatic rings. The first kappa shape index (κ1) is 20.5. The number of aryl methyl sites for hydroxylation is 1. The minimum atomic E-state index is -0.139. The molecule has 1 saturated heterocycles. The van der Waals surface area contributed by atoms with Crippen LogP contribution >= 0.6 is 11.8 Å². The molecule has 1 fully saturated rings. The molecule has 0 unspecified atom stereocenters. The number of carbonyl (C=O) groups excluding carboxylic acids is 2. The number of ether oxygens (including phenoxy) is 1. The number of esters is 1. The summed E-state index contributed by atoms with van der Waals surface area (Å²) in [6.45, 7) is 7.62. The summed E-state index contributed by atoms with van der Waals surface area (Å²) in [6.07, 6.45) is 5.04. The Morgan fingerprint density at radius 1 is 1.25 bits per heavy atom. The molecular formula is C21H27N3O3S. The van der Waals surface area contributed by atoms with E-state index in [2.05, 4.69) is 31.0 Å². The number of amides is 1. The van der Waals surface area contributed by atoms with Crippen LogP contribution < -0.4 is 0 Å². The fraction of sp³-hybridized carbons (Fsp3) is 0.476. The maximum Gasteiger partial charge on any atom is 0.309 e. The van der Waals surface area contributed by atoms with Gasteiger partial charge in [-0.05, 0) is 50.8 Å². The van der Waals surface area contributed by atoms with Gasteiger partial charge in [-0.1, -0.05) is 23.9 Å². The number of likely N-dealkylation sites (tertiary alicyclic amines) is 1. The number of rotatable bonds is 6. The molecule has 3 rings (SSSR count). The molecule has 28 heavy (non-hydrogen) atoms. The molecule has 1 aromatic heterocycles. The lowest BCUT2D eigenvalue weighted by Gasteiger charge is -2.30. The molecule has 0 bridgehead atoms. The van der Waals surface area contributed by atoms with Crippen LogP contribution in [0.3, 0.4) is 0 Å². The van der Waals surface area contributed by atoms with E-state index in [0.717, 1.165) is 10.8 Å². The SMILES string of the molecule is CCOC(=O)C1CCN(C(=O)CSc2nccn2-c2cccc(C)c2C)CC1. The van der Waals surface area contributed by atoms with Gasteiger partial charge in [-0.15, -0.1) is 0 Å². The first-order valence-corrected chi connectivity index (χ1v) is 10.7. The summed E-state index contributed by atoms with van der Waals surface area (Å²) in [5, 5.41) is 0.809. The van der Waals surface area contributed by atoms with E-state index in [1.54, 1.807) is 6.20 Å². The maximum absolute atomic E-state index is 12.6. The van der Waals surface area contributed by atoms with Crippen molar-refractivity contribution in [3.8, 4) is 5.69 Å². The maximum atomic E-state index is 12.6. The molecule has 1 aromatic carbocycles. The number of carbonyl (C=O) groups is 2. The number of piperidine rings is 1. The van der Waals surface area contributed by atoms with Gasteiger partial charge in [-0.3, -0.25) is 14.2 Å². The number of thioether (sulfide) groups is 1. The molecule has 150 valence electrons. The Labute approximate surface area is 170 Å². The van der Waals surface area contributed by atoms with Crippen molar-refractivity contribution in [2.24, 2.45) is 5.92 Å². The smallest absolute Gasteiger partial charge is 0.309 e. The second-order valence-electron chi connectivity index (χ2n) is 6.99. The third-order valence-electron chi connectivity index (χ3n) is 5.23. The first-order chi connectivity index (χ1) is 13.5. The summed E-state index contributed by atoms with van der Waals surface area (Å²) in [5.41, 5.74) is 3.51. The van der Waals surface area contributed by atoms with Gasteiger partial charge in [-0.25, -0.2) is 4.98 Å². The average molecular weight is 402 g/mol. The van der Waals surface area contributed by atoms with E-state index >= 15 is 0 Å². The van der Waals surface area contributed by atoms with Gasteiger partial charge in [-0.2, -0.15) is 0 Å². The van der Waals surface area contributed by atoms with Crippen LogP contribution in [0, 0.1) is 19.8 Å². The van der Waals surface area contributed by atoms with Crippen LogP contribution in [0.1, 0.15) is 30.9 Å². The van der Waals surface area contributed by atoms with Crippen LogP contribution in [0.15, 0.2) is 35.7 Å². The standard InChI is InChI=1S/C21H27N3O3S/c1-4-27-20(26)17-8-11-23(12-9-17)19(25)14-28-21-22-10-13-24(21)18-7-5-6-15(2)16(18)3/h5-7,10,13,17H,4,8-9,11-12,14H2,1-3H3. The molecule has 0 radical (unpaired) electrons. The van der Waals surface area contributed by atoms with Gasteiger partial charge in [0, 0.05) is 25.5 Å². The third kappa shape index (κ3) is 4.58. The van der Waals surface area contributed by atoms with Crippen LogP contribution in [-0.2, 0) is 14.3 Å². The predicted octanol–water partition coefficient (Wildman–Crippen LogP) is 3.38. The molecule has 6 nitrogen and oxygen atoms in total. The molecule has 0 N–H and O–H groups in total. The highest BCUT2D eigenvalue weighted by molar-refractivity contribution is 7.99. The van der Waals surface area contributed by atoms with Crippen LogP contribution in [0.2, 0.25) is 0 Å². The summed E-state index contributed by atoms with van der Waals surface area (Å²) in [4.78, 5) is 30.7. The summed E-state index contributed by atoms with van der Waals surface area (Å²) >= 11 is 1.45. The van der Waals surface area contributed by atoms with Crippen molar-refractivity contribution in [2.45, 2.75) is 38.8 Å². The highest BCUT2D eigenvalue weighted by Gasteiger charge is 2.28. The summed E-state index contributed by atoms with van der Waals surface area (Å²) in [6, 6.07) is 6.19. The quantitative estimate of drug-likeness (QED) is 0.548. The van der Waals surface area contributed by atoms with Crippen molar-refractivity contribution >= 4 is 23.6 Å². The highest BCUT2D eigenvalue weighted by Crippen LogP contribution is 2.25. The number of nitrogens with zero attached hydrogens (tertiary/aromatic N) is 3. The Balaban J connectivity index is 1.57. The van der Waals surface area contributed by atoms with Crippen molar-refractivity contribution in [3.05, 3.63) is 41.7 Å². The van der Waals surface area contributed by atoms with E-state index in [1.807, 2.05) is 28.7 Å². The Morgan fingerprint density at radius 3 is 2.71 bits per heavy atom. The average Bonchev–Trinajstić information content (AvgIpc) is 3.17. The van der Waals surface area contributed by atoms with E-state index in [0.29, 0.717) is 38.3 Å². The minimum absolute atomic E-state index is 0.0835. The molecule has 1 aliphatic heterocycles. The predicted molar refractivity (Wildman–Crippen MR) is 110 cm³/mol. The lowest BCUT2D eigenvalue weighted by Crippen LogP contribution is -2.41. The molecule has 0 spiro atoms. The summed E-state index contributed by atoms with van der Waals surface area (Å²) in [7, 11) is 0. The lowest BCUT2D eigenvalue weighted by atomic mass is 9.97. The van der Waals surface area contributed by atoms with Crippen molar-refractivity contribution < 1.29 is 14.3 Å². The fourth-order valence-electron chi connectivity index (χ4n) is 3.42. The molecule has 2 aromatic rings. The van der Waals surface area contributed by atoms with Gasteiger partial charge in [0.2, 0.25) is 5.91 Å². The topological polar surface area (TPSA) is 64.4 Å². The van der Waals surface area contributed by atoms with Gasteiger partial charge in [0.15, 0.2) is 5.16 Å². The van der Waals surface area contributed by atoms with Crippen LogP contribution in [0.5, 0.6) is 0 Å². The van der Waals surface area contributed by atoms with E-state index in [1.165, 1.54) is 22.9 Å². The number of hydrogen-bond donors (Lipinski definition) is 0. The Kier molecular flexibility index (Phi) is 6.78. The van der Waals surface area contributed by atoms with Gasteiger partial charge < -0.3 is 9.64 Å². The molecular weight excluding hydrogens is 374 g/mol. The zero-order valence-corrected chi connectivity index (χ0v) is 17.5. The normalized spacial score (nSPS) is 14.9. The molecule has 1 amide bonds. The van der Waals surface area contributed by atoms with Gasteiger partial charge in [0.25, 0.3) is 0 Å². The molecule has 0 atom stereocenters. The number of imidazole rings is 1. The second kappa shape index (κ2) is 9.28. The Hall–Kier alpha value is -2.28. The van der Waals surface area contributed by atoms with Crippen molar-refractivity contribution in [1.29, 1.82) is 0 Å². The first-order valence-electron chi connectivity index (χ1n) is 9.68. The van der Waals surface area contributed by atoms with E-state index < -0.39 is 0 Å². The van der Waals surface area contributed by atoms with E-state index in [9.17, 15) is 9.59 Å². The zero-order valence-electron chi connectivity index (χ0n) is 16.7. The molecule has 2 heterocycles. The Morgan fingerprint density at radius 2 is 2.00 bits per heavy atom. The van der Waals surface area contributed by atoms with Gasteiger partial charge >= 0.3 is 5.97 Å². The van der Waals surface area contributed by atoms with Crippen LogP contribution in [0.25, 0.3) is 5.69 Å². The molecule has 0 aliphatic carbocycles. The van der Waals surface area contributed by atoms with Crippen molar-refractivity contribution in [2.75, 3.05) is 25.4 Å². The second-order valence-corrected chi connectivity index (χ2v) is 7.94. The summed E-state index contributed by atoms with van der Waals surface area (Å²) < 4.78 is 7.12. The number of aromatic nitrogens is 2. The largest absolute Gasteiger partial charge is 0.466 e. The molecule has 7 heteroatoms. The zero-order chi connectivity index (χ0) is 20.1. The lowest BCUT2D eigenvalue weighted by molar-refractivity contribution is -0.151. The Bertz CT molecular complexity index is 841. The highest BCUT2D eigenvalue weighted by atomic mass is 32.2. The monoisotopic (exact) mass is 401 g/mol. The van der Waals surface area contributed by atoms with E-state index in [-0.39, 0.29) is 17.8 Å². The van der Waals surface area contributed by atoms with Crippen molar-refractivity contribution in [3.63, 3.8) is 0 Å². The van der Waals surface area contributed by atoms with Crippen LogP contribution in [0.4, 0.5) is 0 Å². The number of benzene rings is 1. The number of hydrogen-bond acceptors (Lipinski definition) is 5. The fourth-order valence-corrected chi connectivity index (χ4v) is 4.29. The third-order valence-corrected chi connectivity index (χ3v) is 6.19. The van der Waals surface area contributed by atoms with Gasteiger partial charge in [0.1, 0.15) is 0 Å². The molecule has 0 saturated carbocycles. The van der Waals surface area contributed by atoms with E-state index in [4.69, 9.17) is 4.74 Å². The van der Waals surface area contributed by atoms with Gasteiger partial charge in [0.05, 0.1) is 24.0 Å². The summed E-state index contributed by atoms with van der Waals surface area (Å²) in [5.74, 6) is 0.202. The minimum Gasteiger partial charge on any atom is -0.466 e. The van der Waals surface area contributed by atoms with Crippen LogP contribution in [-0.4, -0.2) is 51.8 Å². The van der Waals surface area contributed by atoms with Crippen molar-refractivity contribution in [1.82, 2.24) is 14.5 Å².